The number of nitrogens with zero attached hydrogens (tertiary/aromatic N) is 5. The fraction of sp³-hybridized carbons (Fsp3) is 0.333. The van der Waals surface area contributed by atoms with Gasteiger partial charge in [0.25, 0.3) is 0 Å². The lowest BCUT2D eigenvalue weighted by atomic mass is 9.89. The summed E-state index contributed by atoms with van der Waals surface area (Å²) in [4.78, 5) is 7.99. The van der Waals surface area contributed by atoms with E-state index in [9.17, 15) is 30.7 Å². The van der Waals surface area contributed by atoms with Crippen LogP contribution in [0.3, 0.4) is 0 Å². The first-order valence-electron chi connectivity index (χ1n) is 11.5. The number of alkyl halides is 6. The van der Waals surface area contributed by atoms with Gasteiger partial charge in [0.15, 0.2) is 17.1 Å². The fourth-order valence-electron chi connectivity index (χ4n) is 3.26. The summed E-state index contributed by atoms with van der Waals surface area (Å²) in [5, 5.41) is 10.2. The van der Waals surface area contributed by atoms with Crippen LogP contribution >= 0.6 is 0 Å². The highest BCUT2D eigenvalue weighted by Crippen LogP contribution is 2.50. The molecule has 0 aliphatic heterocycles. The highest BCUT2D eigenvalue weighted by atomic mass is 19.4. The number of benzene rings is 1. The largest absolute Gasteiger partial charge is 0.404 e. The predicted octanol–water partition coefficient (Wildman–Crippen LogP) is 6.33. The molecule has 0 radical (unpaired) electrons. The van der Waals surface area contributed by atoms with Crippen LogP contribution in [-0.2, 0) is 6.54 Å². The van der Waals surface area contributed by atoms with Crippen molar-refractivity contribution >= 4 is 11.5 Å². The summed E-state index contributed by atoms with van der Waals surface area (Å²) in [5.41, 5.74) is 2.42. The lowest BCUT2D eigenvalue weighted by molar-refractivity contribution is -0.328. The van der Waals surface area contributed by atoms with Crippen molar-refractivity contribution in [3.8, 4) is 22.9 Å². The third-order valence-corrected chi connectivity index (χ3v) is 5.67. The number of nitrogens with one attached hydrogen (secondary N) is 1. The first-order valence-corrected chi connectivity index (χ1v) is 11.5. The minimum absolute atomic E-state index is 0.0346. The van der Waals surface area contributed by atoms with E-state index < -0.39 is 35.9 Å². The molecule has 0 bridgehead atoms. The van der Waals surface area contributed by atoms with Crippen molar-refractivity contribution in [2.24, 2.45) is 5.41 Å². The number of nitrogens with two attached hydrogens (primary N) is 1. The van der Waals surface area contributed by atoms with Crippen molar-refractivity contribution in [3.63, 3.8) is 0 Å². The lowest BCUT2D eigenvalue weighted by Crippen LogP contribution is -2.52. The van der Waals surface area contributed by atoms with E-state index in [1.807, 2.05) is 19.2 Å². The van der Waals surface area contributed by atoms with Gasteiger partial charge in [-0.15, -0.1) is 0 Å². The summed E-state index contributed by atoms with van der Waals surface area (Å²) in [6.45, 7) is 2.42. The summed E-state index contributed by atoms with van der Waals surface area (Å²) in [5.74, 6) is -1.09. The molecule has 8 nitrogen and oxygen atoms in total. The Morgan fingerprint density at radius 2 is 1.67 bits per heavy atom. The average Bonchev–Trinajstić information content (AvgIpc) is 3.55. The molecule has 210 valence electrons. The van der Waals surface area contributed by atoms with E-state index in [1.165, 1.54) is 35.2 Å². The molecular weight excluding hydrogens is 535 g/mol. The van der Waals surface area contributed by atoms with E-state index in [0.717, 1.165) is 6.20 Å². The van der Waals surface area contributed by atoms with Crippen LogP contribution in [0.4, 0.5) is 42.2 Å². The average molecular weight is 559 g/mol. The quantitative estimate of drug-likeness (QED) is 0.255. The van der Waals surface area contributed by atoms with Crippen molar-refractivity contribution in [2.75, 3.05) is 17.6 Å². The predicted molar refractivity (Wildman–Crippen MR) is 129 cm³/mol. The van der Waals surface area contributed by atoms with E-state index >= 15 is 0 Å². The summed E-state index contributed by atoms with van der Waals surface area (Å²) in [6.07, 6.45) is -8.87. The SMILES string of the molecule is CC.CC(CNc1nc(-c2cc(-c3ccon3)n(Cc3ccccc3F)n2)ncc1N)(C(F)(F)F)C(F)(F)F. The molecule has 0 saturated carbocycles. The highest BCUT2D eigenvalue weighted by molar-refractivity contribution is 5.67. The third kappa shape index (κ3) is 6.12. The molecule has 0 aliphatic carbocycles. The van der Waals surface area contributed by atoms with E-state index in [-0.39, 0.29) is 30.7 Å². The second kappa shape index (κ2) is 11.3. The molecule has 0 spiro atoms. The Kier molecular flexibility index (Phi) is 8.51. The van der Waals surface area contributed by atoms with Crippen LogP contribution in [0.15, 0.2) is 53.4 Å². The Hall–Kier alpha value is -4.17. The Morgan fingerprint density at radius 1 is 1.00 bits per heavy atom. The molecule has 0 aliphatic rings. The molecule has 3 aromatic heterocycles. The van der Waals surface area contributed by atoms with E-state index in [2.05, 4.69) is 20.2 Å². The molecule has 39 heavy (non-hydrogen) atoms. The van der Waals surface area contributed by atoms with Gasteiger partial charge in [0.05, 0.1) is 24.1 Å². The maximum Gasteiger partial charge on any atom is 0.404 e. The molecule has 0 saturated heterocycles. The number of hydrogen-bond acceptors (Lipinski definition) is 7. The van der Waals surface area contributed by atoms with Crippen LogP contribution in [0.2, 0.25) is 0 Å². The first-order chi connectivity index (χ1) is 18.3. The van der Waals surface area contributed by atoms with E-state index in [1.54, 1.807) is 12.1 Å². The summed E-state index contributed by atoms with van der Waals surface area (Å²) in [7, 11) is 0. The van der Waals surface area contributed by atoms with Crippen molar-refractivity contribution in [2.45, 2.75) is 39.7 Å². The topological polar surface area (TPSA) is 108 Å². The molecule has 15 heteroatoms. The fourth-order valence-corrected chi connectivity index (χ4v) is 3.26. The van der Waals surface area contributed by atoms with Gasteiger partial charge in [0.2, 0.25) is 0 Å². The molecule has 1 aromatic carbocycles. The van der Waals surface area contributed by atoms with E-state index in [0.29, 0.717) is 17.0 Å². The molecule has 3 N–H and O–H groups in total. The van der Waals surface area contributed by atoms with Crippen LogP contribution in [0.25, 0.3) is 22.9 Å². The van der Waals surface area contributed by atoms with Gasteiger partial charge in [-0.1, -0.05) is 37.2 Å². The maximum atomic E-state index is 14.2. The molecule has 0 atom stereocenters. The molecule has 0 amide bonds. The van der Waals surface area contributed by atoms with Crippen LogP contribution in [-0.4, -0.2) is 43.8 Å². The van der Waals surface area contributed by atoms with Gasteiger partial charge in [-0.05, 0) is 19.1 Å². The summed E-state index contributed by atoms with van der Waals surface area (Å²) < 4.78 is 100. The van der Waals surface area contributed by atoms with Gasteiger partial charge in [-0.2, -0.15) is 31.4 Å². The van der Waals surface area contributed by atoms with Crippen molar-refractivity contribution in [1.29, 1.82) is 0 Å². The minimum Gasteiger partial charge on any atom is -0.394 e. The molecular formula is C24H24F7N7O. The highest BCUT2D eigenvalue weighted by Gasteiger charge is 2.67. The number of aromatic nitrogens is 5. The zero-order chi connectivity index (χ0) is 29.0. The zero-order valence-corrected chi connectivity index (χ0v) is 20.9. The van der Waals surface area contributed by atoms with E-state index in [4.69, 9.17) is 10.3 Å². The van der Waals surface area contributed by atoms with Gasteiger partial charge in [-0.3, -0.25) is 4.68 Å². The Labute approximate surface area is 218 Å². The van der Waals surface area contributed by atoms with Gasteiger partial charge in [-0.25, -0.2) is 14.4 Å². The van der Waals surface area contributed by atoms with Gasteiger partial charge in [0, 0.05) is 18.2 Å². The Morgan fingerprint density at radius 3 is 2.26 bits per heavy atom. The number of hydrogen-bond donors (Lipinski definition) is 2. The molecule has 0 unspecified atom stereocenters. The van der Waals surface area contributed by atoms with Crippen LogP contribution in [0.5, 0.6) is 0 Å². The number of rotatable bonds is 7. The smallest absolute Gasteiger partial charge is 0.394 e. The molecule has 3 heterocycles. The molecule has 4 rings (SSSR count). The maximum absolute atomic E-state index is 14.2. The minimum atomic E-state index is -5.60. The first kappa shape index (κ1) is 29.4. The monoisotopic (exact) mass is 559 g/mol. The van der Waals surface area contributed by atoms with Crippen LogP contribution < -0.4 is 11.1 Å². The Bertz CT molecular complexity index is 1370. The number of anilines is 2. The van der Waals surface area contributed by atoms with Gasteiger partial charge in [0.1, 0.15) is 23.5 Å². The van der Waals surface area contributed by atoms with Crippen molar-refractivity contribution in [3.05, 3.63) is 60.2 Å². The second-order valence-corrected chi connectivity index (χ2v) is 8.23. The normalized spacial score (nSPS) is 12.2. The van der Waals surface area contributed by atoms with Gasteiger partial charge < -0.3 is 15.6 Å². The Balaban J connectivity index is 0.00000205. The second-order valence-electron chi connectivity index (χ2n) is 8.23. The lowest BCUT2D eigenvalue weighted by Gasteiger charge is -2.34. The third-order valence-electron chi connectivity index (χ3n) is 5.67. The number of nitrogen functional groups attached to an aromatic ring is 1. The van der Waals surface area contributed by atoms with Crippen molar-refractivity contribution < 1.29 is 35.3 Å². The summed E-state index contributed by atoms with van der Waals surface area (Å²) >= 11 is 0. The molecule has 0 fully saturated rings. The van der Waals surface area contributed by atoms with Crippen LogP contribution in [0, 0.1) is 11.2 Å². The standard InChI is InChI=1S/C22H18F7N7O.C2H6/c1-20(21(24,25)26,22(27,28)29)11-32-18-14(30)9-31-19(33-18)16-8-17(15-6-7-37-35-15)36(34-16)10-12-4-2-3-5-13(12)23;1-2/h2-9H,10-11,30H2,1H3,(H,31,32,33);1-2H3. The van der Waals surface area contributed by atoms with Gasteiger partial charge >= 0.3 is 12.4 Å². The summed E-state index contributed by atoms with van der Waals surface area (Å²) in [6, 6.07) is 8.95. The number of halogens is 7. The zero-order valence-electron chi connectivity index (χ0n) is 20.9. The van der Waals surface area contributed by atoms with Crippen LogP contribution in [0.1, 0.15) is 26.3 Å². The van der Waals surface area contributed by atoms with Crippen molar-refractivity contribution in [1.82, 2.24) is 24.9 Å². The molecule has 4 aromatic rings.